The van der Waals surface area contributed by atoms with Crippen LogP contribution in [0.25, 0.3) is 0 Å². The monoisotopic (exact) mass is 258 g/mol. The first kappa shape index (κ1) is 14.4. The van der Waals surface area contributed by atoms with E-state index in [0.29, 0.717) is 0 Å². The highest BCUT2D eigenvalue weighted by Gasteiger charge is 2.51. The molecule has 1 aromatic carbocycles. The molecule has 0 unspecified atom stereocenters. The van der Waals surface area contributed by atoms with Crippen molar-refractivity contribution < 1.29 is 9.31 Å². The summed E-state index contributed by atoms with van der Waals surface area (Å²) in [5.74, 6) is 0.260. The highest BCUT2D eigenvalue weighted by molar-refractivity contribution is 6.45. The van der Waals surface area contributed by atoms with Crippen LogP contribution in [0.1, 0.15) is 39.2 Å². The largest absolute Gasteiger partial charge is 0.458 e. The summed E-state index contributed by atoms with van der Waals surface area (Å²) < 4.78 is 12.1. The lowest BCUT2D eigenvalue weighted by Gasteiger charge is -2.32. The van der Waals surface area contributed by atoms with Gasteiger partial charge in [0.2, 0.25) is 0 Å². The Labute approximate surface area is 117 Å². The smallest absolute Gasteiger partial charge is 0.403 e. The molecule has 19 heavy (non-hydrogen) atoms. The summed E-state index contributed by atoms with van der Waals surface area (Å²) in [6.07, 6.45) is 2.78. The van der Waals surface area contributed by atoms with Gasteiger partial charge in [-0.3, -0.25) is 0 Å². The van der Waals surface area contributed by atoms with Crippen LogP contribution in [0.5, 0.6) is 0 Å². The minimum absolute atomic E-state index is 0.173. The zero-order chi connectivity index (χ0) is 14.1. The van der Waals surface area contributed by atoms with E-state index in [4.69, 9.17) is 9.31 Å². The van der Waals surface area contributed by atoms with Crippen molar-refractivity contribution in [3.63, 3.8) is 0 Å². The van der Waals surface area contributed by atoms with E-state index in [2.05, 4.69) is 58.5 Å². The lowest BCUT2D eigenvalue weighted by Crippen LogP contribution is -2.41. The normalized spacial score (nSPS) is 22.2. The molecule has 0 aliphatic carbocycles. The Morgan fingerprint density at radius 1 is 1.11 bits per heavy atom. The van der Waals surface area contributed by atoms with Crippen LogP contribution < -0.4 is 0 Å². The fraction of sp³-hybridized carbons (Fsp3) is 0.500. The van der Waals surface area contributed by atoms with Crippen molar-refractivity contribution >= 4 is 7.12 Å². The molecular weight excluding hydrogens is 235 g/mol. The summed E-state index contributed by atoms with van der Waals surface area (Å²) in [5, 5.41) is 0. The van der Waals surface area contributed by atoms with Crippen LogP contribution in [0.3, 0.4) is 0 Å². The molecule has 1 saturated heterocycles. The Hall–Kier alpha value is -1.06. The standard InChI is InChI=1S/C16H23BO2/c1-6-13(14-10-8-7-9-11-14)12-17-18-15(2,3)16(4,5)19-17/h6-11,13H,1,12H2,2-5H3/t13-/m0/s1. The second kappa shape index (κ2) is 5.14. The molecule has 2 rings (SSSR count). The van der Waals surface area contributed by atoms with Gasteiger partial charge in [0.25, 0.3) is 0 Å². The molecule has 1 fully saturated rings. The van der Waals surface area contributed by atoms with Crippen molar-refractivity contribution in [2.45, 2.75) is 51.1 Å². The van der Waals surface area contributed by atoms with Gasteiger partial charge in [-0.1, -0.05) is 36.4 Å². The van der Waals surface area contributed by atoms with E-state index in [1.807, 2.05) is 12.1 Å². The summed E-state index contributed by atoms with van der Waals surface area (Å²) in [6, 6.07) is 10.4. The van der Waals surface area contributed by atoms with Crippen molar-refractivity contribution in [1.29, 1.82) is 0 Å². The maximum atomic E-state index is 6.05. The predicted octanol–water partition coefficient (Wildman–Crippen LogP) is 4.05. The number of rotatable bonds is 4. The van der Waals surface area contributed by atoms with E-state index in [0.717, 1.165) is 6.32 Å². The molecule has 1 heterocycles. The van der Waals surface area contributed by atoms with Gasteiger partial charge in [0.1, 0.15) is 0 Å². The van der Waals surface area contributed by atoms with Gasteiger partial charge in [-0.2, -0.15) is 0 Å². The highest BCUT2D eigenvalue weighted by Crippen LogP contribution is 2.39. The Bertz CT molecular complexity index is 423. The maximum absolute atomic E-state index is 6.05. The molecule has 1 aliphatic rings. The fourth-order valence-electron chi connectivity index (χ4n) is 2.34. The third-order valence-electron chi connectivity index (χ3n) is 4.26. The predicted molar refractivity (Wildman–Crippen MR) is 80.3 cm³/mol. The third kappa shape index (κ3) is 2.93. The van der Waals surface area contributed by atoms with Crippen molar-refractivity contribution in [2.24, 2.45) is 0 Å². The Balaban J connectivity index is 2.08. The van der Waals surface area contributed by atoms with Crippen LogP contribution in [-0.4, -0.2) is 18.3 Å². The first-order chi connectivity index (χ1) is 8.86. The molecule has 1 aliphatic heterocycles. The van der Waals surface area contributed by atoms with Crippen LogP contribution >= 0.6 is 0 Å². The van der Waals surface area contributed by atoms with Crippen LogP contribution in [-0.2, 0) is 9.31 Å². The van der Waals surface area contributed by atoms with E-state index in [9.17, 15) is 0 Å². The second-order valence-corrected chi connectivity index (χ2v) is 6.17. The number of hydrogen-bond donors (Lipinski definition) is 0. The summed E-state index contributed by atoms with van der Waals surface area (Å²) in [6.45, 7) is 12.3. The molecule has 0 amide bonds. The Morgan fingerprint density at radius 3 is 2.11 bits per heavy atom. The molecule has 1 aromatic rings. The molecule has 2 nitrogen and oxygen atoms in total. The summed E-state index contributed by atoms with van der Waals surface area (Å²) >= 11 is 0. The quantitative estimate of drug-likeness (QED) is 0.599. The fourth-order valence-corrected chi connectivity index (χ4v) is 2.34. The SMILES string of the molecule is C=C[C@@H](CB1OC(C)(C)C(C)(C)O1)c1ccccc1. The molecule has 1 atom stereocenters. The van der Waals surface area contributed by atoms with Crippen LogP contribution in [0.4, 0.5) is 0 Å². The average molecular weight is 258 g/mol. The topological polar surface area (TPSA) is 18.5 Å². The molecule has 0 aromatic heterocycles. The summed E-state index contributed by atoms with van der Waals surface area (Å²) in [5.41, 5.74) is 0.729. The third-order valence-corrected chi connectivity index (χ3v) is 4.26. The molecule has 0 saturated carbocycles. The number of hydrogen-bond acceptors (Lipinski definition) is 2. The van der Waals surface area contributed by atoms with Gasteiger partial charge in [0.05, 0.1) is 11.2 Å². The van der Waals surface area contributed by atoms with Gasteiger partial charge in [-0.15, -0.1) is 6.58 Å². The summed E-state index contributed by atoms with van der Waals surface area (Å²) in [4.78, 5) is 0. The van der Waals surface area contributed by atoms with Gasteiger partial charge in [-0.05, 0) is 39.6 Å². The van der Waals surface area contributed by atoms with Gasteiger partial charge < -0.3 is 9.31 Å². The van der Waals surface area contributed by atoms with E-state index >= 15 is 0 Å². The minimum atomic E-state index is -0.264. The van der Waals surface area contributed by atoms with Crippen LogP contribution in [0, 0.1) is 0 Å². The molecule has 0 radical (unpaired) electrons. The Morgan fingerprint density at radius 2 is 1.63 bits per heavy atom. The lowest BCUT2D eigenvalue weighted by atomic mass is 9.75. The van der Waals surface area contributed by atoms with Gasteiger partial charge >= 0.3 is 7.12 Å². The van der Waals surface area contributed by atoms with Crippen molar-refractivity contribution in [2.75, 3.05) is 0 Å². The molecule has 3 heteroatoms. The highest BCUT2D eigenvalue weighted by atomic mass is 16.7. The molecular formula is C16H23BO2. The van der Waals surface area contributed by atoms with Crippen molar-refractivity contribution in [1.82, 2.24) is 0 Å². The summed E-state index contributed by atoms with van der Waals surface area (Å²) in [7, 11) is -0.173. The van der Waals surface area contributed by atoms with Crippen LogP contribution in [0.15, 0.2) is 43.0 Å². The average Bonchev–Trinajstić information content (AvgIpc) is 2.56. The minimum Gasteiger partial charge on any atom is -0.403 e. The van der Waals surface area contributed by atoms with Crippen LogP contribution in [0.2, 0.25) is 6.32 Å². The van der Waals surface area contributed by atoms with Crippen molar-refractivity contribution in [3.8, 4) is 0 Å². The van der Waals surface area contributed by atoms with E-state index < -0.39 is 0 Å². The van der Waals surface area contributed by atoms with Gasteiger partial charge in [0.15, 0.2) is 0 Å². The molecule has 102 valence electrons. The van der Waals surface area contributed by atoms with E-state index in [1.54, 1.807) is 0 Å². The number of allylic oxidation sites excluding steroid dienone is 1. The van der Waals surface area contributed by atoms with E-state index in [1.165, 1.54) is 5.56 Å². The zero-order valence-corrected chi connectivity index (χ0v) is 12.3. The second-order valence-electron chi connectivity index (χ2n) is 6.17. The molecule has 0 N–H and O–H groups in total. The van der Waals surface area contributed by atoms with E-state index in [-0.39, 0.29) is 24.2 Å². The lowest BCUT2D eigenvalue weighted by molar-refractivity contribution is 0.00578. The first-order valence-electron chi connectivity index (χ1n) is 6.89. The molecule has 0 bridgehead atoms. The zero-order valence-electron chi connectivity index (χ0n) is 12.3. The number of benzene rings is 1. The van der Waals surface area contributed by atoms with Gasteiger partial charge in [-0.25, -0.2) is 0 Å². The van der Waals surface area contributed by atoms with Crippen molar-refractivity contribution in [3.05, 3.63) is 48.6 Å². The first-order valence-corrected chi connectivity index (χ1v) is 6.89. The Kier molecular flexibility index (Phi) is 3.89. The van der Waals surface area contributed by atoms with Gasteiger partial charge in [0, 0.05) is 5.92 Å². The maximum Gasteiger partial charge on any atom is 0.458 e. The molecule has 0 spiro atoms.